The minimum atomic E-state index is -0.899. The smallest absolute Gasteiger partial charge is 0.404 e. The molecule has 0 fully saturated rings. The first-order valence-corrected chi connectivity index (χ1v) is 10.7. The number of carbonyl (C=O) groups is 2. The second-order valence-electron chi connectivity index (χ2n) is 6.91. The second kappa shape index (κ2) is 8.16. The van der Waals surface area contributed by atoms with Crippen molar-refractivity contribution in [3.05, 3.63) is 68.9 Å². The molecule has 4 rings (SSSR count). The highest BCUT2D eigenvalue weighted by molar-refractivity contribution is 9.10. The third-order valence-electron chi connectivity index (χ3n) is 4.94. The van der Waals surface area contributed by atoms with Crippen LogP contribution in [0.4, 0.5) is 4.79 Å². The summed E-state index contributed by atoms with van der Waals surface area (Å²) in [6.45, 7) is -0.0883. The maximum atomic E-state index is 13.2. The van der Waals surface area contributed by atoms with Gasteiger partial charge in [0.15, 0.2) is 0 Å². The van der Waals surface area contributed by atoms with Crippen molar-refractivity contribution in [1.29, 1.82) is 0 Å². The fourth-order valence-electron chi connectivity index (χ4n) is 3.56. The van der Waals surface area contributed by atoms with Crippen molar-refractivity contribution < 1.29 is 14.3 Å². The molecule has 154 valence electrons. The molecule has 9 heteroatoms. The van der Waals surface area contributed by atoms with E-state index < -0.39 is 12.1 Å². The summed E-state index contributed by atoms with van der Waals surface area (Å²) in [6.07, 6.45) is 2.68. The maximum Gasteiger partial charge on any atom is 0.404 e. The lowest BCUT2D eigenvalue weighted by Gasteiger charge is -2.18. The molecule has 7 nitrogen and oxygen atoms in total. The standard InChI is InChI=1S/C21H18Br2N4O3/c1-27-9-16(14-7-12(23)3-5-19(14)27)20(28)26-18(10-30-21(24)29)15-8-25-17-4-2-11(22)6-13(15)17/h2-9,18,25H,10H2,1H3,(H2,24,29)(H,26,28). The molecule has 0 saturated carbocycles. The lowest BCUT2D eigenvalue weighted by molar-refractivity contribution is 0.0901. The van der Waals surface area contributed by atoms with Gasteiger partial charge in [0.25, 0.3) is 5.91 Å². The first-order valence-electron chi connectivity index (χ1n) is 9.07. The van der Waals surface area contributed by atoms with Crippen molar-refractivity contribution in [2.75, 3.05) is 6.61 Å². The Kier molecular flexibility index (Phi) is 5.57. The lowest BCUT2D eigenvalue weighted by atomic mass is 10.1. The summed E-state index contributed by atoms with van der Waals surface area (Å²) in [6, 6.07) is 11.0. The molecule has 1 atom stereocenters. The van der Waals surface area contributed by atoms with Gasteiger partial charge in [0.2, 0.25) is 0 Å². The topological polar surface area (TPSA) is 102 Å². The Hall–Kier alpha value is -2.78. The van der Waals surface area contributed by atoms with E-state index in [0.717, 1.165) is 36.3 Å². The van der Waals surface area contributed by atoms with Crippen LogP contribution in [0.25, 0.3) is 21.8 Å². The molecule has 1 unspecified atom stereocenters. The number of amides is 2. The van der Waals surface area contributed by atoms with Gasteiger partial charge in [-0.05, 0) is 36.4 Å². The van der Waals surface area contributed by atoms with E-state index in [1.807, 2.05) is 48.0 Å². The summed E-state index contributed by atoms with van der Waals surface area (Å²) in [5.74, 6) is -0.277. The number of hydrogen-bond acceptors (Lipinski definition) is 3. The van der Waals surface area contributed by atoms with Crippen molar-refractivity contribution in [3.63, 3.8) is 0 Å². The number of nitrogens with one attached hydrogen (secondary N) is 2. The Labute approximate surface area is 188 Å². The van der Waals surface area contributed by atoms with Gasteiger partial charge in [0, 0.05) is 55.8 Å². The molecule has 0 radical (unpaired) electrons. The van der Waals surface area contributed by atoms with Crippen LogP contribution >= 0.6 is 31.9 Å². The number of halogens is 2. The van der Waals surface area contributed by atoms with Gasteiger partial charge in [-0.3, -0.25) is 4.79 Å². The molecule has 0 aliphatic carbocycles. The number of rotatable bonds is 5. The van der Waals surface area contributed by atoms with Crippen LogP contribution in [-0.4, -0.2) is 28.2 Å². The van der Waals surface area contributed by atoms with E-state index >= 15 is 0 Å². The summed E-state index contributed by atoms with van der Waals surface area (Å²) >= 11 is 6.93. The van der Waals surface area contributed by atoms with Crippen molar-refractivity contribution in [2.24, 2.45) is 12.8 Å². The number of ether oxygens (including phenoxy) is 1. The largest absolute Gasteiger partial charge is 0.447 e. The van der Waals surface area contributed by atoms with E-state index in [0.29, 0.717) is 5.56 Å². The number of carbonyl (C=O) groups excluding carboxylic acids is 2. The highest BCUT2D eigenvalue weighted by atomic mass is 79.9. The highest BCUT2D eigenvalue weighted by Gasteiger charge is 2.23. The van der Waals surface area contributed by atoms with Gasteiger partial charge < -0.3 is 25.3 Å². The maximum absolute atomic E-state index is 13.2. The molecule has 2 aromatic carbocycles. The molecule has 0 saturated heterocycles. The number of aromatic amines is 1. The molecule has 2 heterocycles. The van der Waals surface area contributed by atoms with Crippen LogP contribution in [-0.2, 0) is 11.8 Å². The Morgan fingerprint density at radius 3 is 2.60 bits per heavy atom. The summed E-state index contributed by atoms with van der Waals surface area (Å²) in [7, 11) is 1.89. The zero-order chi connectivity index (χ0) is 21.4. The van der Waals surface area contributed by atoms with E-state index in [9.17, 15) is 9.59 Å². The Morgan fingerprint density at radius 2 is 1.87 bits per heavy atom. The molecular weight excluding hydrogens is 516 g/mol. The lowest BCUT2D eigenvalue weighted by Crippen LogP contribution is -2.33. The molecule has 2 aromatic heterocycles. The van der Waals surface area contributed by atoms with Gasteiger partial charge >= 0.3 is 6.09 Å². The van der Waals surface area contributed by atoms with Crippen LogP contribution < -0.4 is 11.1 Å². The fraction of sp³-hybridized carbons (Fsp3) is 0.143. The molecule has 0 spiro atoms. The molecule has 0 aliphatic rings. The normalized spacial score (nSPS) is 12.2. The molecule has 0 aliphatic heterocycles. The zero-order valence-corrected chi connectivity index (χ0v) is 19.1. The van der Waals surface area contributed by atoms with E-state index in [-0.39, 0.29) is 12.5 Å². The number of nitrogens with zero attached hydrogens (tertiary/aromatic N) is 1. The van der Waals surface area contributed by atoms with Gasteiger partial charge in [0.1, 0.15) is 6.61 Å². The summed E-state index contributed by atoms with van der Waals surface area (Å²) in [5.41, 5.74) is 8.33. The van der Waals surface area contributed by atoms with Crippen molar-refractivity contribution in [2.45, 2.75) is 6.04 Å². The number of aromatic nitrogens is 2. The Bertz CT molecular complexity index is 1280. The predicted octanol–water partition coefficient (Wildman–Crippen LogP) is 4.75. The van der Waals surface area contributed by atoms with Crippen LogP contribution in [0.5, 0.6) is 0 Å². The van der Waals surface area contributed by atoms with Gasteiger partial charge in [-0.25, -0.2) is 4.79 Å². The molecule has 2 amide bonds. The summed E-state index contributed by atoms with van der Waals surface area (Å²) < 4.78 is 8.72. The first-order chi connectivity index (χ1) is 14.3. The monoisotopic (exact) mass is 532 g/mol. The van der Waals surface area contributed by atoms with E-state index in [4.69, 9.17) is 10.5 Å². The SMILES string of the molecule is Cn1cc(C(=O)NC(COC(N)=O)c2c[nH]c3ccc(Br)cc23)c2cc(Br)ccc21. The van der Waals surface area contributed by atoms with Gasteiger partial charge in [0.05, 0.1) is 11.6 Å². The molecular formula is C21H18Br2N4O3. The van der Waals surface area contributed by atoms with Gasteiger partial charge in [-0.1, -0.05) is 31.9 Å². The van der Waals surface area contributed by atoms with E-state index in [1.165, 1.54) is 0 Å². The van der Waals surface area contributed by atoms with Crippen LogP contribution in [0.1, 0.15) is 22.0 Å². The zero-order valence-electron chi connectivity index (χ0n) is 15.9. The van der Waals surface area contributed by atoms with Crippen LogP contribution in [0.15, 0.2) is 57.7 Å². The van der Waals surface area contributed by atoms with Crippen molar-refractivity contribution in [3.8, 4) is 0 Å². The number of aryl methyl sites for hydroxylation is 1. The summed E-state index contributed by atoms with van der Waals surface area (Å²) in [5, 5.41) is 4.72. The van der Waals surface area contributed by atoms with Crippen LogP contribution in [0, 0.1) is 0 Å². The number of primary amides is 1. The third-order valence-corrected chi connectivity index (χ3v) is 5.93. The number of fused-ring (bicyclic) bond motifs is 2. The first kappa shape index (κ1) is 20.5. The van der Waals surface area contributed by atoms with Crippen molar-refractivity contribution >= 4 is 65.7 Å². The molecule has 30 heavy (non-hydrogen) atoms. The Balaban J connectivity index is 1.72. The summed E-state index contributed by atoms with van der Waals surface area (Å²) in [4.78, 5) is 27.6. The number of benzene rings is 2. The minimum Gasteiger partial charge on any atom is -0.447 e. The average molecular weight is 534 g/mol. The van der Waals surface area contributed by atoms with E-state index in [2.05, 4.69) is 42.2 Å². The quantitative estimate of drug-likeness (QED) is 0.345. The molecule has 0 bridgehead atoms. The van der Waals surface area contributed by atoms with E-state index in [1.54, 1.807) is 12.4 Å². The van der Waals surface area contributed by atoms with Gasteiger partial charge in [-0.15, -0.1) is 0 Å². The molecule has 4 N–H and O–H groups in total. The average Bonchev–Trinajstić information content (AvgIpc) is 3.25. The third kappa shape index (κ3) is 3.95. The van der Waals surface area contributed by atoms with Crippen LogP contribution in [0.3, 0.4) is 0 Å². The fourth-order valence-corrected chi connectivity index (χ4v) is 4.28. The highest BCUT2D eigenvalue weighted by Crippen LogP contribution is 2.29. The number of nitrogens with two attached hydrogens (primary N) is 1. The second-order valence-corrected chi connectivity index (χ2v) is 8.74. The minimum absolute atomic E-state index is 0.0883. The Morgan fingerprint density at radius 1 is 1.17 bits per heavy atom. The predicted molar refractivity (Wildman–Crippen MR) is 122 cm³/mol. The molecule has 4 aromatic rings. The van der Waals surface area contributed by atoms with Crippen molar-refractivity contribution in [1.82, 2.24) is 14.9 Å². The van der Waals surface area contributed by atoms with Gasteiger partial charge in [-0.2, -0.15) is 0 Å². The van der Waals surface area contributed by atoms with Crippen LogP contribution in [0.2, 0.25) is 0 Å². The number of hydrogen-bond donors (Lipinski definition) is 3. The number of H-pyrrole nitrogens is 1.